The highest BCUT2D eigenvalue weighted by Gasteiger charge is 2.28. The number of hydrogen-bond acceptors (Lipinski definition) is 4. The number of halogens is 1. The van der Waals surface area contributed by atoms with Crippen LogP contribution in [0, 0.1) is 5.82 Å². The van der Waals surface area contributed by atoms with Gasteiger partial charge in [0.1, 0.15) is 5.82 Å². The fourth-order valence-electron chi connectivity index (χ4n) is 2.83. The Morgan fingerprint density at radius 2 is 1.91 bits per heavy atom. The number of anilines is 1. The quantitative estimate of drug-likeness (QED) is 0.873. The van der Waals surface area contributed by atoms with Crippen LogP contribution in [0.3, 0.4) is 0 Å². The van der Waals surface area contributed by atoms with Gasteiger partial charge in [0.05, 0.1) is 11.4 Å². The molecule has 1 aromatic carbocycles. The molecular formula is C17H20FN3O2. The second kappa shape index (κ2) is 6.40. The fraction of sp³-hybridized carbons (Fsp3) is 0.412. The number of aromatic nitrogens is 1. The maximum atomic E-state index is 13.8. The molecule has 0 aliphatic carbocycles. The number of rotatable bonds is 3. The van der Waals surface area contributed by atoms with Crippen molar-refractivity contribution in [3.63, 3.8) is 0 Å². The molecule has 6 heteroatoms. The molecule has 0 unspecified atom stereocenters. The number of para-hydroxylation sites is 1. The van der Waals surface area contributed by atoms with E-state index in [0.717, 1.165) is 0 Å². The van der Waals surface area contributed by atoms with E-state index in [9.17, 15) is 9.18 Å². The number of oxazole rings is 1. The van der Waals surface area contributed by atoms with Crippen LogP contribution in [0.25, 0.3) is 0 Å². The number of amides is 1. The van der Waals surface area contributed by atoms with E-state index in [1.165, 1.54) is 12.5 Å². The van der Waals surface area contributed by atoms with E-state index >= 15 is 0 Å². The average molecular weight is 317 g/mol. The van der Waals surface area contributed by atoms with Gasteiger partial charge in [-0.15, -0.1) is 0 Å². The van der Waals surface area contributed by atoms with Crippen molar-refractivity contribution in [1.82, 2.24) is 9.88 Å². The highest BCUT2D eigenvalue weighted by Crippen LogP contribution is 2.23. The van der Waals surface area contributed by atoms with E-state index in [-0.39, 0.29) is 17.6 Å². The number of hydrogen-bond donors (Lipinski definition) is 0. The summed E-state index contributed by atoms with van der Waals surface area (Å²) >= 11 is 0. The van der Waals surface area contributed by atoms with Crippen LogP contribution in [0.4, 0.5) is 10.1 Å². The smallest absolute Gasteiger partial charge is 0.291 e. The molecule has 1 amide bonds. The summed E-state index contributed by atoms with van der Waals surface area (Å²) in [5.41, 5.74) is 1.27. The van der Waals surface area contributed by atoms with Gasteiger partial charge in [-0.05, 0) is 18.1 Å². The molecule has 0 N–H and O–H groups in total. The Kier molecular flexibility index (Phi) is 4.32. The third-order valence-corrected chi connectivity index (χ3v) is 4.10. The minimum atomic E-state index is -0.232. The lowest BCUT2D eigenvalue weighted by molar-refractivity contribution is 0.0712. The maximum absolute atomic E-state index is 13.8. The lowest BCUT2D eigenvalue weighted by Crippen LogP contribution is -2.49. The first-order valence-electron chi connectivity index (χ1n) is 7.80. The summed E-state index contributed by atoms with van der Waals surface area (Å²) < 4.78 is 19.1. The van der Waals surface area contributed by atoms with Crippen molar-refractivity contribution in [2.45, 2.75) is 19.8 Å². The van der Waals surface area contributed by atoms with Crippen LogP contribution in [0.15, 0.2) is 35.1 Å². The van der Waals surface area contributed by atoms with Crippen molar-refractivity contribution < 1.29 is 13.6 Å². The van der Waals surface area contributed by atoms with Crippen molar-refractivity contribution in [3.8, 4) is 0 Å². The van der Waals surface area contributed by atoms with E-state index in [1.807, 2.05) is 24.8 Å². The maximum Gasteiger partial charge on any atom is 0.291 e. The van der Waals surface area contributed by atoms with Crippen LogP contribution in [-0.2, 0) is 0 Å². The second-order valence-corrected chi connectivity index (χ2v) is 5.95. The summed E-state index contributed by atoms with van der Waals surface area (Å²) in [7, 11) is 0. The van der Waals surface area contributed by atoms with Gasteiger partial charge in [0, 0.05) is 26.2 Å². The molecule has 2 heterocycles. The number of piperazine rings is 1. The molecule has 0 spiro atoms. The molecule has 1 aliphatic rings. The Morgan fingerprint density at radius 3 is 2.57 bits per heavy atom. The minimum Gasteiger partial charge on any atom is -0.438 e. The molecule has 3 rings (SSSR count). The highest BCUT2D eigenvalue weighted by molar-refractivity contribution is 5.92. The Bertz CT molecular complexity index is 691. The van der Waals surface area contributed by atoms with E-state index in [4.69, 9.17) is 4.42 Å². The van der Waals surface area contributed by atoms with E-state index < -0.39 is 0 Å². The van der Waals surface area contributed by atoms with Crippen molar-refractivity contribution >= 4 is 11.6 Å². The summed E-state index contributed by atoms with van der Waals surface area (Å²) in [6.07, 6.45) is 1.32. The van der Waals surface area contributed by atoms with Gasteiger partial charge in [-0.25, -0.2) is 9.37 Å². The zero-order valence-electron chi connectivity index (χ0n) is 13.3. The normalized spacial score (nSPS) is 15.3. The molecule has 122 valence electrons. The summed E-state index contributed by atoms with van der Waals surface area (Å²) in [5.74, 6) is 0.0794. The first-order chi connectivity index (χ1) is 11.1. The Balaban J connectivity index is 1.68. The summed E-state index contributed by atoms with van der Waals surface area (Å²) in [6.45, 7) is 6.21. The second-order valence-electron chi connectivity index (χ2n) is 5.95. The minimum absolute atomic E-state index is 0.132. The van der Waals surface area contributed by atoms with E-state index in [0.29, 0.717) is 43.3 Å². The van der Waals surface area contributed by atoms with Crippen LogP contribution >= 0.6 is 0 Å². The van der Waals surface area contributed by atoms with E-state index in [1.54, 1.807) is 17.0 Å². The third kappa shape index (κ3) is 3.06. The van der Waals surface area contributed by atoms with E-state index in [2.05, 4.69) is 4.98 Å². The SMILES string of the molecule is CC(C)c1ncoc1C(=O)N1CCN(c2ccccc2F)CC1. The van der Waals surface area contributed by atoms with Gasteiger partial charge >= 0.3 is 0 Å². The van der Waals surface area contributed by atoms with Gasteiger partial charge in [-0.1, -0.05) is 26.0 Å². The largest absolute Gasteiger partial charge is 0.438 e. The first-order valence-corrected chi connectivity index (χ1v) is 7.80. The Labute approximate surface area is 134 Å². The molecule has 1 fully saturated rings. The summed E-state index contributed by atoms with van der Waals surface area (Å²) in [4.78, 5) is 20.4. The lowest BCUT2D eigenvalue weighted by Gasteiger charge is -2.35. The zero-order valence-corrected chi connectivity index (χ0v) is 13.3. The van der Waals surface area contributed by atoms with Gasteiger partial charge in [0.2, 0.25) is 5.76 Å². The number of benzene rings is 1. The zero-order chi connectivity index (χ0) is 16.4. The van der Waals surface area contributed by atoms with Gasteiger partial charge < -0.3 is 14.2 Å². The predicted octanol–water partition coefficient (Wildman–Crippen LogP) is 2.90. The molecule has 0 saturated carbocycles. The average Bonchev–Trinajstić information content (AvgIpc) is 3.05. The molecule has 0 bridgehead atoms. The molecule has 0 atom stereocenters. The first kappa shape index (κ1) is 15.5. The highest BCUT2D eigenvalue weighted by atomic mass is 19.1. The third-order valence-electron chi connectivity index (χ3n) is 4.10. The number of nitrogens with zero attached hydrogens (tertiary/aromatic N) is 3. The summed E-state index contributed by atoms with van der Waals surface area (Å²) in [5, 5.41) is 0. The van der Waals surface area contributed by atoms with Crippen molar-refractivity contribution in [2.24, 2.45) is 0 Å². The van der Waals surface area contributed by atoms with Gasteiger partial charge in [-0.2, -0.15) is 0 Å². The van der Waals surface area contributed by atoms with Crippen LogP contribution in [0.5, 0.6) is 0 Å². The van der Waals surface area contributed by atoms with Crippen molar-refractivity contribution in [3.05, 3.63) is 47.9 Å². The summed E-state index contributed by atoms with van der Waals surface area (Å²) in [6, 6.07) is 6.71. The molecule has 5 nitrogen and oxygen atoms in total. The Hall–Kier alpha value is -2.37. The predicted molar refractivity (Wildman–Crippen MR) is 85.1 cm³/mol. The molecule has 2 aromatic rings. The molecule has 23 heavy (non-hydrogen) atoms. The van der Waals surface area contributed by atoms with Crippen LogP contribution < -0.4 is 4.90 Å². The van der Waals surface area contributed by atoms with Crippen LogP contribution in [-0.4, -0.2) is 42.0 Å². The van der Waals surface area contributed by atoms with Crippen LogP contribution in [0.1, 0.15) is 36.0 Å². The molecule has 1 aromatic heterocycles. The number of carbonyl (C=O) groups is 1. The van der Waals surface area contributed by atoms with Gasteiger partial charge in [0.15, 0.2) is 6.39 Å². The monoisotopic (exact) mass is 317 g/mol. The fourth-order valence-corrected chi connectivity index (χ4v) is 2.83. The number of carbonyl (C=O) groups excluding carboxylic acids is 1. The molecule has 1 aliphatic heterocycles. The Morgan fingerprint density at radius 1 is 1.22 bits per heavy atom. The molecule has 0 radical (unpaired) electrons. The van der Waals surface area contributed by atoms with Crippen LogP contribution in [0.2, 0.25) is 0 Å². The van der Waals surface area contributed by atoms with Gasteiger partial charge in [0.25, 0.3) is 5.91 Å². The van der Waals surface area contributed by atoms with Crippen molar-refractivity contribution in [1.29, 1.82) is 0 Å². The lowest BCUT2D eigenvalue weighted by atomic mass is 10.1. The van der Waals surface area contributed by atoms with Gasteiger partial charge in [-0.3, -0.25) is 4.79 Å². The molecular weight excluding hydrogens is 297 g/mol. The topological polar surface area (TPSA) is 49.6 Å². The van der Waals surface area contributed by atoms with Crippen molar-refractivity contribution in [2.75, 3.05) is 31.1 Å². The standard InChI is InChI=1S/C17H20FN3O2/c1-12(2)15-16(23-11-19-15)17(22)21-9-7-20(8-10-21)14-6-4-3-5-13(14)18/h3-6,11-12H,7-10H2,1-2H3. The molecule has 1 saturated heterocycles.